The molecule has 0 radical (unpaired) electrons. The Morgan fingerprint density at radius 3 is 2.50 bits per heavy atom. The monoisotopic (exact) mass is 229 g/mol. The van der Waals surface area contributed by atoms with E-state index in [4.69, 9.17) is 4.74 Å². The van der Waals surface area contributed by atoms with Gasteiger partial charge in [0.05, 0.1) is 18.3 Å². The van der Waals surface area contributed by atoms with E-state index >= 15 is 0 Å². The molecule has 1 aliphatic rings. The minimum absolute atomic E-state index is 0.504. The Kier molecular flexibility index (Phi) is 6.32. The maximum Gasteiger partial charge on any atom is 0.0603 e. The zero-order chi connectivity index (χ0) is 11.9. The molecule has 0 aromatic rings. The van der Waals surface area contributed by atoms with E-state index in [0.29, 0.717) is 6.10 Å². The Labute approximate surface area is 99.6 Å². The van der Waals surface area contributed by atoms with Gasteiger partial charge in [0.2, 0.25) is 0 Å². The molecule has 0 aromatic carbocycles. The van der Waals surface area contributed by atoms with Gasteiger partial charge in [0.25, 0.3) is 0 Å². The van der Waals surface area contributed by atoms with E-state index in [9.17, 15) is 5.11 Å². The van der Waals surface area contributed by atoms with Gasteiger partial charge >= 0.3 is 0 Å². The largest absolute Gasteiger partial charge is 0.390 e. The van der Waals surface area contributed by atoms with Crippen molar-refractivity contribution in [2.75, 3.05) is 19.7 Å². The molecule has 0 amide bonds. The molecule has 0 atom stereocenters. The van der Waals surface area contributed by atoms with E-state index in [1.54, 1.807) is 0 Å². The Morgan fingerprint density at radius 2 is 1.88 bits per heavy atom. The Bertz CT molecular complexity index is 171. The first-order valence-corrected chi connectivity index (χ1v) is 6.63. The number of rotatable bonds is 7. The molecule has 0 aliphatic heterocycles. The van der Waals surface area contributed by atoms with Crippen molar-refractivity contribution in [2.24, 2.45) is 0 Å². The van der Waals surface area contributed by atoms with Crippen molar-refractivity contribution >= 4 is 0 Å². The average molecular weight is 229 g/mol. The second-order valence-electron chi connectivity index (χ2n) is 5.44. The van der Waals surface area contributed by atoms with Crippen LogP contribution in [0.1, 0.15) is 52.4 Å². The summed E-state index contributed by atoms with van der Waals surface area (Å²) >= 11 is 0. The fourth-order valence-corrected chi connectivity index (χ4v) is 2.05. The topological polar surface area (TPSA) is 41.5 Å². The van der Waals surface area contributed by atoms with Crippen LogP contribution in [0.25, 0.3) is 0 Å². The van der Waals surface area contributed by atoms with E-state index in [2.05, 4.69) is 5.32 Å². The predicted octanol–water partition coefficient (Wildman–Crippen LogP) is 2.09. The third kappa shape index (κ3) is 7.20. The lowest BCUT2D eigenvalue weighted by molar-refractivity contribution is 0.0288. The van der Waals surface area contributed by atoms with E-state index in [-0.39, 0.29) is 0 Å². The zero-order valence-corrected chi connectivity index (χ0v) is 10.8. The van der Waals surface area contributed by atoms with E-state index in [0.717, 1.165) is 26.1 Å². The average Bonchev–Trinajstić information content (AvgIpc) is 2.23. The quantitative estimate of drug-likeness (QED) is 0.657. The molecule has 2 N–H and O–H groups in total. The van der Waals surface area contributed by atoms with Crippen molar-refractivity contribution in [1.29, 1.82) is 0 Å². The maximum atomic E-state index is 9.51. The lowest BCUT2D eigenvalue weighted by Crippen LogP contribution is -2.29. The van der Waals surface area contributed by atoms with Crippen molar-refractivity contribution in [1.82, 2.24) is 5.32 Å². The molecule has 1 rings (SSSR count). The number of ether oxygens (including phenoxy) is 1. The zero-order valence-electron chi connectivity index (χ0n) is 10.8. The summed E-state index contributed by atoms with van der Waals surface area (Å²) in [5.74, 6) is 0. The van der Waals surface area contributed by atoms with Crippen LogP contribution in [0.4, 0.5) is 0 Å². The number of hydrogen-bond donors (Lipinski definition) is 2. The van der Waals surface area contributed by atoms with Crippen LogP contribution in [-0.4, -0.2) is 36.5 Å². The summed E-state index contributed by atoms with van der Waals surface area (Å²) in [4.78, 5) is 0. The predicted molar refractivity (Wildman–Crippen MR) is 66.6 cm³/mol. The van der Waals surface area contributed by atoms with Crippen molar-refractivity contribution in [3.8, 4) is 0 Å². The van der Waals surface area contributed by atoms with Gasteiger partial charge in [-0.1, -0.05) is 19.3 Å². The fraction of sp³-hybridized carbons (Fsp3) is 1.00. The third-order valence-electron chi connectivity index (χ3n) is 3.10. The van der Waals surface area contributed by atoms with Crippen LogP contribution in [0, 0.1) is 0 Å². The summed E-state index contributed by atoms with van der Waals surface area (Å²) in [6.45, 7) is 6.24. The minimum atomic E-state index is -0.558. The smallest absolute Gasteiger partial charge is 0.0603 e. The molecule has 0 saturated heterocycles. The highest BCUT2D eigenvalue weighted by atomic mass is 16.5. The number of nitrogens with one attached hydrogen (secondary N) is 1. The molecule has 0 heterocycles. The highest BCUT2D eigenvalue weighted by Gasteiger charge is 2.13. The van der Waals surface area contributed by atoms with Gasteiger partial charge in [0.15, 0.2) is 0 Å². The molecular weight excluding hydrogens is 202 g/mol. The van der Waals surface area contributed by atoms with E-state index < -0.39 is 5.60 Å². The molecule has 1 saturated carbocycles. The maximum absolute atomic E-state index is 9.51. The highest BCUT2D eigenvalue weighted by molar-refractivity contribution is 4.67. The van der Waals surface area contributed by atoms with E-state index in [1.807, 2.05) is 13.8 Å². The van der Waals surface area contributed by atoms with Crippen LogP contribution >= 0.6 is 0 Å². The normalized spacial score (nSPS) is 18.9. The summed E-state index contributed by atoms with van der Waals surface area (Å²) in [5, 5.41) is 12.8. The molecule has 3 nitrogen and oxygen atoms in total. The number of hydrogen-bond acceptors (Lipinski definition) is 3. The standard InChI is InChI=1S/C13H27NO2/c1-13(2,15)8-9-14-10-11-16-12-6-4-3-5-7-12/h12,14-15H,3-11H2,1-2H3. The van der Waals surface area contributed by atoms with Crippen LogP contribution in [0.3, 0.4) is 0 Å². The Hall–Kier alpha value is -0.120. The molecule has 96 valence electrons. The summed E-state index contributed by atoms with van der Waals surface area (Å²) in [6.07, 6.45) is 7.81. The van der Waals surface area contributed by atoms with Gasteiger partial charge in [-0.2, -0.15) is 0 Å². The molecule has 0 bridgehead atoms. The molecule has 1 fully saturated rings. The van der Waals surface area contributed by atoms with Crippen molar-refractivity contribution in [2.45, 2.75) is 64.1 Å². The Morgan fingerprint density at radius 1 is 1.19 bits per heavy atom. The van der Waals surface area contributed by atoms with Crippen LogP contribution < -0.4 is 5.32 Å². The molecule has 0 unspecified atom stereocenters. The molecule has 1 aliphatic carbocycles. The molecule has 0 spiro atoms. The molecule has 0 aromatic heterocycles. The SMILES string of the molecule is CC(C)(O)CCNCCOC1CCCCC1. The highest BCUT2D eigenvalue weighted by Crippen LogP contribution is 2.19. The van der Waals surface area contributed by atoms with Gasteiger partial charge in [-0.05, 0) is 39.7 Å². The third-order valence-corrected chi connectivity index (χ3v) is 3.10. The summed E-state index contributed by atoms with van der Waals surface area (Å²) in [5.41, 5.74) is -0.558. The van der Waals surface area contributed by atoms with Gasteiger partial charge in [-0.3, -0.25) is 0 Å². The minimum Gasteiger partial charge on any atom is -0.390 e. The Balaban J connectivity index is 1.87. The summed E-state index contributed by atoms with van der Waals surface area (Å²) in [6, 6.07) is 0. The molecule has 16 heavy (non-hydrogen) atoms. The first-order valence-electron chi connectivity index (χ1n) is 6.63. The van der Waals surface area contributed by atoms with E-state index in [1.165, 1.54) is 32.1 Å². The lowest BCUT2D eigenvalue weighted by Gasteiger charge is -2.22. The summed E-state index contributed by atoms with van der Waals surface area (Å²) < 4.78 is 5.79. The van der Waals surface area contributed by atoms with Gasteiger partial charge in [0, 0.05) is 6.54 Å². The second kappa shape index (κ2) is 7.25. The first kappa shape index (κ1) is 13.9. The van der Waals surface area contributed by atoms with Crippen LogP contribution in [-0.2, 0) is 4.74 Å². The van der Waals surface area contributed by atoms with Crippen molar-refractivity contribution in [3.63, 3.8) is 0 Å². The van der Waals surface area contributed by atoms with Crippen molar-refractivity contribution in [3.05, 3.63) is 0 Å². The van der Waals surface area contributed by atoms with Gasteiger partial charge in [-0.15, -0.1) is 0 Å². The van der Waals surface area contributed by atoms with Gasteiger partial charge < -0.3 is 15.2 Å². The second-order valence-corrected chi connectivity index (χ2v) is 5.44. The van der Waals surface area contributed by atoms with Crippen LogP contribution in [0.2, 0.25) is 0 Å². The molecular formula is C13H27NO2. The van der Waals surface area contributed by atoms with Crippen LogP contribution in [0.5, 0.6) is 0 Å². The van der Waals surface area contributed by atoms with Gasteiger partial charge in [-0.25, -0.2) is 0 Å². The lowest BCUT2D eigenvalue weighted by atomic mass is 9.98. The van der Waals surface area contributed by atoms with Gasteiger partial charge in [0.1, 0.15) is 0 Å². The van der Waals surface area contributed by atoms with Crippen molar-refractivity contribution < 1.29 is 9.84 Å². The summed E-state index contributed by atoms with van der Waals surface area (Å²) in [7, 11) is 0. The molecule has 3 heteroatoms. The number of aliphatic hydroxyl groups is 1. The fourth-order valence-electron chi connectivity index (χ4n) is 2.05. The van der Waals surface area contributed by atoms with Crippen LogP contribution in [0.15, 0.2) is 0 Å². The first-order chi connectivity index (χ1) is 7.58.